The molecule has 0 unspecified atom stereocenters. The zero-order chi connectivity index (χ0) is 20.0. The molecule has 1 aliphatic carbocycles. The van der Waals surface area contributed by atoms with E-state index >= 15 is 0 Å². The molecule has 150 valence electrons. The van der Waals surface area contributed by atoms with Gasteiger partial charge in [-0.1, -0.05) is 32.9 Å². The van der Waals surface area contributed by atoms with Crippen LogP contribution >= 0.6 is 11.8 Å². The highest BCUT2D eigenvalue weighted by Crippen LogP contribution is 2.27. The topological polar surface area (TPSA) is 81.7 Å². The molecule has 0 spiro atoms. The van der Waals surface area contributed by atoms with Crippen molar-refractivity contribution < 1.29 is 14.7 Å². The summed E-state index contributed by atoms with van der Waals surface area (Å²) >= 11 is 1.88. The second kappa shape index (κ2) is 9.99. The minimum absolute atomic E-state index is 0.0560. The van der Waals surface area contributed by atoms with Crippen molar-refractivity contribution in [1.29, 1.82) is 0 Å². The van der Waals surface area contributed by atoms with Gasteiger partial charge in [0, 0.05) is 23.5 Å². The van der Waals surface area contributed by atoms with Crippen LogP contribution in [-0.2, 0) is 10.5 Å². The molecule has 0 bridgehead atoms. The highest BCUT2D eigenvalue weighted by Gasteiger charge is 2.34. The fourth-order valence-corrected chi connectivity index (χ4v) is 4.08. The van der Waals surface area contributed by atoms with Gasteiger partial charge in [-0.15, -0.1) is 0 Å². The summed E-state index contributed by atoms with van der Waals surface area (Å²) in [5.41, 5.74) is 3.18. The van der Waals surface area contributed by atoms with E-state index in [1.807, 2.05) is 42.6 Å². The second-order valence-electron chi connectivity index (χ2n) is 7.33. The number of carbonyl (C=O) groups excluding carboxylic acids is 1. The number of carboxylic acid groups (broad SMARTS) is 1. The number of rotatable bonds is 9. The monoisotopic (exact) mass is 393 g/mol. The third kappa shape index (κ3) is 6.43. The Kier molecular flexibility index (Phi) is 7.98. The van der Waals surface area contributed by atoms with Gasteiger partial charge in [0.2, 0.25) is 0 Å². The van der Waals surface area contributed by atoms with Gasteiger partial charge in [0.25, 0.3) is 0 Å². The highest BCUT2D eigenvalue weighted by molar-refractivity contribution is 7.99. The first-order valence-electron chi connectivity index (χ1n) is 9.53. The van der Waals surface area contributed by atoms with Gasteiger partial charge in [-0.05, 0) is 48.8 Å². The maximum absolute atomic E-state index is 12.3. The van der Waals surface area contributed by atoms with Crippen LogP contribution in [0.3, 0.4) is 0 Å². The molecular weight excluding hydrogens is 362 g/mol. The van der Waals surface area contributed by atoms with E-state index < -0.39 is 5.97 Å². The third-order valence-corrected chi connectivity index (χ3v) is 6.12. The molecule has 0 saturated heterocycles. The first-order chi connectivity index (χ1) is 12.8. The van der Waals surface area contributed by atoms with Crippen molar-refractivity contribution in [2.24, 2.45) is 0 Å². The van der Waals surface area contributed by atoms with Gasteiger partial charge in [0.05, 0.1) is 6.54 Å². The quantitative estimate of drug-likeness (QED) is 0.596. The van der Waals surface area contributed by atoms with Crippen LogP contribution < -0.4 is 10.6 Å². The lowest BCUT2D eigenvalue weighted by atomic mass is 9.85. The number of amides is 2. The number of anilines is 1. The molecule has 3 N–H and O–H groups in total. The van der Waals surface area contributed by atoms with Gasteiger partial charge in [0.15, 0.2) is 0 Å². The third-order valence-electron chi connectivity index (χ3n) is 4.98. The predicted molar refractivity (Wildman–Crippen MR) is 111 cm³/mol. The molecule has 27 heavy (non-hydrogen) atoms. The molecule has 0 atom stereocenters. The number of urea groups is 1. The Bertz CT molecular complexity index is 660. The number of thioether (sulfide) groups is 1. The summed E-state index contributed by atoms with van der Waals surface area (Å²) in [5.74, 6) is 0.124. The lowest BCUT2D eigenvalue weighted by Crippen LogP contribution is -2.55. The molecular formula is C20H31N3O3S. The van der Waals surface area contributed by atoms with Crippen LogP contribution in [0.5, 0.6) is 0 Å². The number of nitrogens with one attached hydrogen (secondary N) is 2. The van der Waals surface area contributed by atoms with Crippen molar-refractivity contribution in [2.75, 3.05) is 18.4 Å². The van der Waals surface area contributed by atoms with Gasteiger partial charge in [0.1, 0.15) is 0 Å². The van der Waals surface area contributed by atoms with E-state index in [0.29, 0.717) is 11.8 Å². The van der Waals surface area contributed by atoms with Gasteiger partial charge < -0.3 is 15.7 Å². The van der Waals surface area contributed by atoms with Crippen LogP contribution in [0.2, 0.25) is 0 Å². The largest absolute Gasteiger partial charge is 0.480 e. The Morgan fingerprint density at radius 2 is 2.04 bits per heavy atom. The Morgan fingerprint density at radius 3 is 2.63 bits per heavy atom. The average Bonchev–Trinajstić information content (AvgIpc) is 2.56. The molecule has 1 aliphatic rings. The summed E-state index contributed by atoms with van der Waals surface area (Å²) in [5, 5.41) is 15.5. The van der Waals surface area contributed by atoms with E-state index in [4.69, 9.17) is 5.11 Å². The first-order valence-corrected chi connectivity index (χ1v) is 10.6. The van der Waals surface area contributed by atoms with Crippen LogP contribution in [0.4, 0.5) is 10.5 Å². The van der Waals surface area contributed by atoms with Gasteiger partial charge in [-0.3, -0.25) is 9.69 Å². The maximum Gasteiger partial charge on any atom is 0.319 e. The van der Waals surface area contributed by atoms with Crippen molar-refractivity contribution >= 4 is 29.4 Å². The Balaban J connectivity index is 1.83. The number of carbonyl (C=O) groups is 2. The number of nitrogens with zero attached hydrogens (tertiary/aromatic N) is 1. The van der Waals surface area contributed by atoms with Crippen LogP contribution in [0.15, 0.2) is 18.2 Å². The molecule has 1 fully saturated rings. The summed E-state index contributed by atoms with van der Waals surface area (Å²) < 4.78 is 0. The van der Waals surface area contributed by atoms with Crippen LogP contribution in [0.1, 0.15) is 44.7 Å². The van der Waals surface area contributed by atoms with Crippen LogP contribution in [-0.4, -0.2) is 52.4 Å². The average molecular weight is 394 g/mol. The molecule has 1 aromatic rings. The number of carboxylic acids is 1. The summed E-state index contributed by atoms with van der Waals surface area (Å²) in [4.78, 5) is 25.2. The molecule has 0 aliphatic heterocycles. The number of hydrogen-bond acceptors (Lipinski definition) is 4. The molecule has 2 rings (SSSR count). The van der Waals surface area contributed by atoms with Crippen LogP contribution in [0, 0.1) is 6.92 Å². The lowest BCUT2D eigenvalue weighted by molar-refractivity contribution is -0.139. The number of hydrogen-bond donors (Lipinski definition) is 3. The van der Waals surface area contributed by atoms with E-state index in [1.165, 1.54) is 5.56 Å². The second-order valence-corrected chi connectivity index (χ2v) is 8.89. The Labute approximate surface area is 166 Å². The van der Waals surface area contributed by atoms with E-state index in [0.717, 1.165) is 29.8 Å². The first kappa shape index (κ1) is 21.6. The van der Waals surface area contributed by atoms with Gasteiger partial charge in [-0.25, -0.2) is 4.79 Å². The lowest BCUT2D eigenvalue weighted by Gasteiger charge is -2.42. The van der Waals surface area contributed by atoms with E-state index in [-0.39, 0.29) is 24.7 Å². The number of aliphatic carboxylic acids is 1. The van der Waals surface area contributed by atoms with Crippen molar-refractivity contribution in [3.05, 3.63) is 29.3 Å². The molecule has 2 amide bonds. The Hall–Kier alpha value is -1.73. The maximum atomic E-state index is 12.3. The zero-order valence-electron chi connectivity index (χ0n) is 16.6. The molecule has 0 radical (unpaired) electrons. The van der Waals surface area contributed by atoms with Crippen molar-refractivity contribution in [3.63, 3.8) is 0 Å². The van der Waals surface area contributed by atoms with Gasteiger partial charge >= 0.3 is 12.0 Å². The minimum Gasteiger partial charge on any atom is -0.480 e. The van der Waals surface area contributed by atoms with Crippen molar-refractivity contribution in [1.82, 2.24) is 10.2 Å². The summed E-state index contributed by atoms with van der Waals surface area (Å²) in [6.45, 7) is 9.12. The molecule has 7 heteroatoms. The van der Waals surface area contributed by atoms with E-state index in [1.54, 1.807) is 0 Å². The molecule has 1 aromatic carbocycles. The van der Waals surface area contributed by atoms with Crippen molar-refractivity contribution in [3.8, 4) is 0 Å². The standard InChI is InChI=1S/C20H31N3O3S/c1-5-23(11-19(24)25)17-9-16(10-17)21-20(26)22-18-8-6-7-15(14(18)4)12-27-13(2)3/h6-8,13,16-17H,5,9-12H2,1-4H3,(H,24,25)(H2,21,22,26). The smallest absolute Gasteiger partial charge is 0.319 e. The summed E-state index contributed by atoms with van der Waals surface area (Å²) in [6.07, 6.45) is 1.58. The fourth-order valence-electron chi connectivity index (χ4n) is 3.25. The minimum atomic E-state index is -0.808. The molecule has 6 nitrogen and oxygen atoms in total. The van der Waals surface area contributed by atoms with Gasteiger partial charge in [-0.2, -0.15) is 11.8 Å². The normalized spacial score (nSPS) is 19.0. The molecule has 0 aromatic heterocycles. The number of benzene rings is 1. The Morgan fingerprint density at radius 1 is 1.33 bits per heavy atom. The molecule has 1 saturated carbocycles. The van der Waals surface area contributed by atoms with E-state index in [9.17, 15) is 9.59 Å². The molecule has 0 heterocycles. The fraction of sp³-hybridized carbons (Fsp3) is 0.600. The SMILES string of the molecule is CCN(CC(=O)O)C1CC(NC(=O)Nc2cccc(CSC(C)C)c2C)C1. The number of likely N-dealkylation sites (N-methyl/N-ethyl adjacent to an activating group) is 1. The summed E-state index contributed by atoms with van der Waals surface area (Å²) in [6, 6.07) is 6.13. The highest BCUT2D eigenvalue weighted by atomic mass is 32.2. The zero-order valence-corrected chi connectivity index (χ0v) is 17.4. The van der Waals surface area contributed by atoms with E-state index in [2.05, 4.69) is 30.5 Å². The predicted octanol–water partition coefficient (Wildman–Crippen LogP) is 3.70. The van der Waals surface area contributed by atoms with Crippen molar-refractivity contribution in [2.45, 2.75) is 63.6 Å². The van der Waals surface area contributed by atoms with Crippen LogP contribution in [0.25, 0.3) is 0 Å². The summed E-state index contributed by atoms with van der Waals surface area (Å²) in [7, 11) is 0.